The molecule has 102 valence electrons. The summed E-state index contributed by atoms with van der Waals surface area (Å²) in [5, 5.41) is 6.03. The van der Waals surface area contributed by atoms with Crippen molar-refractivity contribution in [3.8, 4) is 0 Å². The summed E-state index contributed by atoms with van der Waals surface area (Å²) >= 11 is 1.58. The minimum Gasteiger partial charge on any atom is -0.312 e. The van der Waals surface area contributed by atoms with Crippen molar-refractivity contribution in [2.45, 2.75) is 19.9 Å². The van der Waals surface area contributed by atoms with Gasteiger partial charge in [0.05, 0.1) is 10.7 Å². The van der Waals surface area contributed by atoms with Crippen LogP contribution in [-0.2, 0) is 13.0 Å². The number of nitrogens with zero attached hydrogens (tertiary/aromatic N) is 1. The van der Waals surface area contributed by atoms with Gasteiger partial charge in [-0.15, -0.1) is 11.3 Å². The Morgan fingerprint density at radius 3 is 2.47 bits per heavy atom. The van der Waals surface area contributed by atoms with Gasteiger partial charge in [0, 0.05) is 24.9 Å². The normalized spacial score (nSPS) is 10.9. The summed E-state index contributed by atoms with van der Waals surface area (Å²) in [5.41, 5.74) is 1.37. The summed E-state index contributed by atoms with van der Waals surface area (Å²) in [4.78, 5) is 4.30. The van der Waals surface area contributed by atoms with Crippen molar-refractivity contribution in [3.05, 3.63) is 51.2 Å². The van der Waals surface area contributed by atoms with Crippen molar-refractivity contribution >= 4 is 11.3 Å². The van der Waals surface area contributed by atoms with E-state index in [9.17, 15) is 13.2 Å². The standard InChI is InChI=1S/C13H13F3N2S/c1-8-18-10(7-19-8)2-3-17-6-9-4-11(14)13(16)12(15)5-9/h4-5,7,17H,2-3,6H2,1H3. The summed E-state index contributed by atoms with van der Waals surface area (Å²) in [6, 6.07) is 2.00. The molecule has 0 fully saturated rings. The van der Waals surface area contributed by atoms with Gasteiger partial charge in [0.15, 0.2) is 17.5 Å². The number of rotatable bonds is 5. The fourth-order valence-corrected chi connectivity index (χ4v) is 2.33. The van der Waals surface area contributed by atoms with E-state index in [-0.39, 0.29) is 6.54 Å². The first kappa shape index (κ1) is 14.0. The first-order valence-electron chi connectivity index (χ1n) is 5.81. The summed E-state index contributed by atoms with van der Waals surface area (Å²) < 4.78 is 38.7. The first-order chi connectivity index (χ1) is 9.06. The Labute approximate surface area is 113 Å². The Kier molecular flexibility index (Phi) is 4.55. The number of nitrogens with one attached hydrogen (secondary N) is 1. The zero-order chi connectivity index (χ0) is 13.8. The molecule has 1 N–H and O–H groups in total. The number of hydrogen-bond donors (Lipinski definition) is 1. The maximum atomic E-state index is 13.0. The maximum Gasteiger partial charge on any atom is 0.194 e. The molecule has 2 rings (SSSR count). The van der Waals surface area contributed by atoms with Crippen LogP contribution in [0.4, 0.5) is 13.2 Å². The molecule has 0 aliphatic carbocycles. The molecule has 0 amide bonds. The van der Waals surface area contributed by atoms with Crippen molar-refractivity contribution in [3.63, 3.8) is 0 Å². The van der Waals surface area contributed by atoms with Crippen LogP contribution in [0.25, 0.3) is 0 Å². The van der Waals surface area contributed by atoms with Gasteiger partial charge in [0.1, 0.15) is 0 Å². The number of thiazole rings is 1. The predicted octanol–water partition coefficient (Wildman–Crippen LogP) is 3.20. The highest BCUT2D eigenvalue weighted by Crippen LogP contribution is 2.13. The Morgan fingerprint density at radius 2 is 1.89 bits per heavy atom. The average molecular weight is 286 g/mol. The number of aryl methyl sites for hydroxylation is 1. The molecular weight excluding hydrogens is 273 g/mol. The Bertz CT molecular complexity index is 546. The highest BCUT2D eigenvalue weighted by Gasteiger charge is 2.10. The van der Waals surface area contributed by atoms with E-state index < -0.39 is 17.5 Å². The van der Waals surface area contributed by atoms with Gasteiger partial charge in [-0.2, -0.15) is 0 Å². The molecule has 0 saturated carbocycles. The van der Waals surface area contributed by atoms with Crippen LogP contribution in [-0.4, -0.2) is 11.5 Å². The Hall–Kier alpha value is -1.40. The van der Waals surface area contributed by atoms with Crippen molar-refractivity contribution in [2.75, 3.05) is 6.54 Å². The molecular formula is C13H13F3N2S. The molecule has 0 radical (unpaired) electrons. The zero-order valence-electron chi connectivity index (χ0n) is 10.3. The highest BCUT2D eigenvalue weighted by molar-refractivity contribution is 7.09. The topological polar surface area (TPSA) is 24.9 Å². The van der Waals surface area contributed by atoms with Crippen molar-refractivity contribution in [1.82, 2.24) is 10.3 Å². The predicted molar refractivity (Wildman–Crippen MR) is 68.6 cm³/mol. The van der Waals surface area contributed by atoms with E-state index in [0.29, 0.717) is 12.1 Å². The number of halogens is 3. The third kappa shape index (κ3) is 3.78. The second-order valence-corrected chi connectivity index (χ2v) is 5.22. The molecule has 6 heteroatoms. The van der Waals surface area contributed by atoms with Crippen LogP contribution in [0.2, 0.25) is 0 Å². The minimum absolute atomic E-state index is 0.289. The molecule has 2 nitrogen and oxygen atoms in total. The van der Waals surface area contributed by atoms with E-state index in [1.165, 1.54) is 0 Å². The fourth-order valence-electron chi connectivity index (χ4n) is 1.68. The molecule has 0 atom stereocenters. The minimum atomic E-state index is -1.43. The lowest BCUT2D eigenvalue weighted by Gasteiger charge is -2.05. The van der Waals surface area contributed by atoms with E-state index in [1.54, 1.807) is 11.3 Å². The third-order valence-corrected chi connectivity index (χ3v) is 3.42. The Balaban J connectivity index is 1.83. The SMILES string of the molecule is Cc1nc(CCNCc2cc(F)c(F)c(F)c2)cs1. The smallest absolute Gasteiger partial charge is 0.194 e. The number of hydrogen-bond acceptors (Lipinski definition) is 3. The molecule has 1 heterocycles. The van der Waals surface area contributed by atoms with Gasteiger partial charge in [-0.1, -0.05) is 0 Å². The lowest BCUT2D eigenvalue weighted by molar-refractivity contribution is 0.444. The summed E-state index contributed by atoms with van der Waals surface area (Å²) in [5.74, 6) is -3.75. The van der Waals surface area contributed by atoms with Gasteiger partial charge in [0.2, 0.25) is 0 Å². The number of aromatic nitrogens is 1. The van der Waals surface area contributed by atoms with Crippen LogP contribution in [0.15, 0.2) is 17.5 Å². The second-order valence-electron chi connectivity index (χ2n) is 4.16. The Morgan fingerprint density at radius 1 is 1.21 bits per heavy atom. The summed E-state index contributed by atoms with van der Waals surface area (Å²) in [6.45, 7) is 2.87. The molecule has 1 aromatic carbocycles. The van der Waals surface area contributed by atoms with Crippen LogP contribution in [0.5, 0.6) is 0 Å². The quantitative estimate of drug-likeness (QED) is 0.674. The van der Waals surface area contributed by atoms with Crippen LogP contribution in [0, 0.1) is 24.4 Å². The van der Waals surface area contributed by atoms with Gasteiger partial charge in [-0.25, -0.2) is 18.2 Å². The molecule has 2 aromatic rings. The number of benzene rings is 1. The molecule has 1 aromatic heterocycles. The third-order valence-electron chi connectivity index (χ3n) is 2.60. The molecule has 0 aliphatic heterocycles. The molecule has 0 unspecified atom stereocenters. The van der Waals surface area contributed by atoms with Crippen LogP contribution in [0.1, 0.15) is 16.3 Å². The van der Waals surface area contributed by atoms with Gasteiger partial charge in [-0.3, -0.25) is 0 Å². The monoisotopic (exact) mass is 286 g/mol. The highest BCUT2D eigenvalue weighted by atomic mass is 32.1. The van der Waals surface area contributed by atoms with Crippen LogP contribution >= 0.6 is 11.3 Å². The largest absolute Gasteiger partial charge is 0.312 e. The zero-order valence-corrected chi connectivity index (χ0v) is 11.2. The lowest BCUT2D eigenvalue weighted by atomic mass is 10.2. The maximum absolute atomic E-state index is 13.0. The van der Waals surface area contributed by atoms with Gasteiger partial charge < -0.3 is 5.32 Å². The van der Waals surface area contributed by atoms with Crippen molar-refractivity contribution < 1.29 is 13.2 Å². The first-order valence-corrected chi connectivity index (χ1v) is 6.69. The van der Waals surface area contributed by atoms with E-state index >= 15 is 0 Å². The van der Waals surface area contributed by atoms with Gasteiger partial charge >= 0.3 is 0 Å². The van der Waals surface area contributed by atoms with Crippen molar-refractivity contribution in [2.24, 2.45) is 0 Å². The van der Waals surface area contributed by atoms with E-state index in [1.807, 2.05) is 12.3 Å². The molecule has 0 saturated heterocycles. The van der Waals surface area contributed by atoms with Crippen LogP contribution in [0.3, 0.4) is 0 Å². The van der Waals surface area contributed by atoms with E-state index in [4.69, 9.17) is 0 Å². The van der Waals surface area contributed by atoms with Crippen LogP contribution < -0.4 is 5.32 Å². The van der Waals surface area contributed by atoms with Crippen molar-refractivity contribution in [1.29, 1.82) is 0 Å². The summed E-state index contributed by atoms with van der Waals surface area (Å²) in [7, 11) is 0. The second kappa shape index (κ2) is 6.16. The molecule has 0 spiro atoms. The average Bonchev–Trinajstić information content (AvgIpc) is 2.77. The molecule has 0 aliphatic rings. The summed E-state index contributed by atoms with van der Waals surface area (Å²) in [6.07, 6.45) is 0.747. The molecule has 19 heavy (non-hydrogen) atoms. The van der Waals surface area contributed by atoms with Gasteiger partial charge in [-0.05, 0) is 24.6 Å². The van der Waals surface area contributed by atoms with E-state index in [2.05, 4.69) is 10.3 Å². The molecule has 0 bridgehead atoms. The fraction of sp³-hybridized carbons (Fsp3) is 0.308. The van der Waals surface area contributed by atoms with Gasteiger partial charge in [0.25, 0.3) is 0 Å². The lowest BCUT2D eigenvalue weighted by Crippen LogP contribution is -2.17. The van der Waals surface area contributed by atoms with E-state index in [0.717, 1.165) is 29.3 Å².